The molecule has 2 N–H and O–H groups in total. The lowest BCUT2D eigenvalue weighted by Gasteiger charge is -2.35. The van der Waals surface area contributed by atoms with E-state index in [0.717, 1.165) is 16.5 Å². The van der Waals surface area contributed by atoms with Gasteiger partial charge in [-0.3, -0.25) is 4.79 Å². The second-order valence-corrected chi connectivity index (χ2v) is 10.6. The monoisotopic (exact) mass is 527 g/mol. The van der Waals surface area contributed by atoms with E-state index in [2.05, 4.69) is 34.5 Å². The number of amides is 1. The normalized spacial score (nSPS) is 14.1. The zero-order chi connectivity index (χ0) is 27.5. The number of aromatic nitrogens is 3. The molecule has 2 aromatic heterocycles. The molecule has 2 aromatic carbocycles. The summed E-state index contributed by atoms with van der Waals surface area (Å²) in [6.45, 7) is 6.90. The Hall–Kier alpha value is -4.11. The van der Waals surface area contributed by atoms with Crippen molar-refractivity contribution in [3.05, 3.63) is 78.0 Å². The highest BCUT2D eigenvalue weighted by Gasteiger charge is 2.26. The van der Waals surface area contributed by atoms with E-state index in [4.69, 9.17) is 9.97 Å². The van der Waals surface area contributed by atoms with Crippen LogP contribution in [0.3, 0.4) is 0 Å². The number of anilines is 2. The topological polar surface area (TPSA) is 89.8 Å². The Morgan fingerprint density at radius 1 is 0.949 bits per heavy atom. The fraction of sp³-hybridized carbons (Fsp3) is 0.367. The third-order valence-electron chi connectivity index (χ3n) is 7.13. The third kappa shape index (κ3) is 5.68. The number of carbonyl (C=O) groups is 1. The number of carbonyl (C=O) groups excluding carboxylic acids is 1. The minimum absolute atomic E-state index is 0.0563. The number of benzene rings is 2. The molecule has 39 heavy (non-hydrogen) atoms. The number of likely N-dealkylation sites (N-methyl/N-ethyl adjacent to an activating group) is 1. The molecule has 0 aliphatic carbocycles. The highest BCUT2D eigenvalue weighted by atomic mass is 16.3. The van der Waals surface area contributed by atoms with Gasteiger partial charge < -0.3 is 29.7 Å². The van der Waals surface area contributed by atoms with Gasteiger partial charge in [-0.1, -0.05) is 60.7 Å². The number of hydrogen-bond donors (Lipinski definition) is 2. The average Bonchev–Trinajstić information content (AvgIpc) is 3.29. The van der Waals surface area contributed by atoms with Gasteiger partial charge in [-0.25, -0.2) is 4.98 Å². The first-order valence-electron chi connectivity index (χ1n) is 13.5. The zero-order valence-corrected chi connectivity index (χ0v) is 23.1. The van der Waals surface area contributed by atoms with Gasteiger partial charge in [-0.05, 0) is 39.1 Å². The van der Waals surface area contributed by atoms with Gasteiger partial charge in [0.25, 0.3) is 0 Å². The summed E-state index contributed by atoms with van der Waals surface area (Å²) in [6.07, 6.45) is 1.92. The fourth-order valence-electron chi connectivity index (χ4n) is 5.03. The molecule has 0 spiro atoms. The van der Waals surface area contributed by atoms with Crippen LogP contribution < -0.4 is 10.2 Å². The molecule has 1 amide bonds. The van der Waals surface area contributed by atoms with E-state index in [9.17, 15) is 9.90 Å². The molecule has 0 saturated carbocycles. The predicted octanol–water partition coefficient (Wildman–Crippen LogP) is 4.13. The van der Waals surface area contributed by atoms with Crippen molar-refractivity contribution in [2.45, 2.75) is 25.9 Å². The van der Waals surface area contributed by atoms with Crippen LogP contribution in [0.25, 0.3) is 10.9 Å². The zero-order valence-electron chi connectivity index (χ0n) is 23.1. The molecular weight excluding hydrogens is 490 g/mol. The minimum Gasteiger partial charge on any atom is -0.493 e. The van der Waals surface area contributed by atoms with Gasteiger partial charge in [0.05, 0.1) is 18.0 Å². The number of aromatic hydroxyl groups is 1. The van der Waals surface area contributed by atoms with E-state index in [1.807, 2.05) is 84.9 Å². The van der Waals surface area contributed by atoms with Gasteiger partial charge in [0.1, 0.15) is 11.3 Å². The summed E-state index contributed by atoms with van der Waals surface area (Å²) >= 11 is 0. The molecule has 0 atom stereocenters. The van der Waals surface area contributed by atoms with E-state index in [1.54, 1.807) is 0 Å². The minimum atomic E-state index is -0.150. The van der Waals surface area contributed by atoms with E-state index >= 15 is 0 Å². The van der Waals surface area contributed by atoms with E-state index in [1.165, 1.54) is 0 Å². The maximum Gasteiger partial charge on any atom is 0.236 e. The molecule has 5 rings (SSSR count). The summed E-state index contributed by atoms with van der Waals surface area (Å²) in [5.41, 5.74) is 2.73. The Labute approximate surface area is 229 Å². The van der Waals surface area contributed by atoms with Crippen LogP contribution in [0.15, 0.2) is 66.9 Å². The van der Waals surface area contributed by atoms with Gasteiger partial charge in [0.2, 0.25) is 17.7 Å². The number of fused-ring (bicyclic) bond motifs is 1. The molecule has 9 heteroatoms. The molecule has 4 aromatic rings. The highest BCUT2D eigenvalue weighted by Crippen LogP contribution is 2.36. The smallest absolute Gasteiger partial charge is 0.236 e. The third-order valence-corrected chi connectivity index (χ3v) is 7.13. The molecular formula is C30H37N7O2. The van der Waals surface area contributed by atoms with Gasteiger partial charge >= 0.3 is 0 Å². The SMILES string of the molecule is CC(C)n1cc2c(NC(c3ccccc3)c3ccccc3)nc(N3CCN(C(=O)CN(C)C)CC3)nc2c1O. The molecule has 1 aliphatic heterocycles. The van der Waals surface area contributed by atoms with Crippen LogP contribution in [0.2, 0.25) is 0 Å². The van der Waals surface area contributed by atoms with Crippen LogP contribution in [0.5, 0.6) is 5.88 Å². The van der Waals surface area contributed by atoms with Gasteiger partial charge in [-0.15, -0.1) is 0 Å². The van der Waals surface area contributed by atoms with Crippen molar-refractivity contribution in [1.29, 1.82) is 0 Å². The molecule has 0 bridgehead atoms. The molecule has 1 saturated heterocycles. The molecule has 0 unspecified atom stereocenters. The van der Waals surface area contributed by atoms with Crippen molar-refractivity contribution in [1.82, 2.24) is 24.3 Å². The Morgan fingerprint density at radius 2 is 1.54 bits per heavy atom. The first-order valence-corrected chi connectivity index (χ1v) is 13.5. The van der Waals surface area contributed by atoms with Gasteiger partial charge in [0, 0.05) is 38.4 Å². The largest absolute Gasteiger partial charge is 0.493 e. The lowest BCUT2D eigenvalue weighted by Crippen LogP contribution is -2.51. The Balaban J connectivity index is 1.53. The quantitative estimate of drug-likeness (QED) is 0.356. The van der Waals surface area contributed by atoms with Gasteiger partial charge in [0.15, 0.2) is 0 Å². The van der Waals surface area contributed by atoms with Crippen molar-refractivity contribution >= 4 is 28.6 Å². The summed E-state index contributed by atoms with van der Waals surface area (Å²) in [6, 6.07) is 20.5. The first-order chi connectivity index (χ1) is 18.8. The van der Waals surface area contributed by atoms with E-state index in [0.29, 0.717) is 50.0 Å². The lowest BCUT2D eigenvalue weighted by molar-refractivity contribution is -0.132. The van der Waals surface area contributed by atoms with Crippen molar-refractivity contribution in [2.75, 3.05) is 57.0 Å². The van der Waals surface area contributed by atoms with Crippen LogP contribution in [-0.4, -0.2) is 82.2 Å². The number of hydrogen-bond acceptors (Lipinski definition) is 7. The van der Waals surface area contributed by atoms with Crippen molar-refractivity contribution < 1.29 is 9.90 Å². The van der Waals surface area contributed by atoms with E-state index < -0.39 is 0 Å². The maximum absolute atomic E-state index is 12.6. The highest BCUT2D eigenvalue weighted by molar-refractivity contribution is 5.94. The van der Waals surface area contributed by atoms with Crippen LogP contribution in [0.1, 0.15) is 37.1 Å². The summed E-state index contributed by atoms with van der Waals surface area (Å²) < 4.78 is 1.83. The summed E-state index contributed by atoms with van der Waals surface area (Å²) in [4.78, 5) is 28.3. The molecule has 9 nitrogen and oxygen atoms in total. The predicted molar refractivity (Wildman–Crippen MR) is 155 cm³/mol. The molecule has 1 aliphatic rings. The van der Waals surface area contributed by atoms with Crippen LogP contribution in [0, 0.1) is 0 Å². The second kappa shape index (κ2) is 11.3. The number of nitrogens with zero attached hydrogens (tertiary/aromatic N) is 6. The van der Waals surface area contributed by atoms with Crippen LogP contribution >= 0.6 is 0 Å². The van der Waals surface area contributed by atoms with Gasteiger partial charge in [-0.2, -0.15) is 4.98 Å². The van der Waals surface area contributed by atoms with Crippen LogP contribution in [-0.2, 0) is 4.79 Å². The first kappa shape index (κ1) is 26.5. The molecule has 3 heterocycles. The molecule has 204 valence electrons. The van der Waals surface area contributed by atoms with E-state index in [-0.39, 0.29) is 23.9 Å². The maximum atomic E-state index is 12.6. The summed E-state index contributed by atoms with van der Waals surface area (Å²) in [5, 5.41) is 15.6. The van der Waals surface area contributed by atoms with Crippen molar-refractivity contribution in [3.8, 4) is 5.88 Å². The lowest BCUT2D eigenvalue weighted by atomic mass is 9.98. The molecule has 0 radical (unpaired) electrons. The number of nitrogens with one attached hydrogen (secondary N) is 1. The standard InChI is InChI=1S/C30H37N7O2/c1-21(2)37-19-24-27(29(37)39)32-30(36-17-15-35(16-18-36)25(38)20-34(3)4)33-28(24)31-26(22-11-7-5-8-12-22)23-13-9-6-10-14-23/h5-14,19,21,26,39H,15-18,20H2,1-4H3,(H,31,32,33). The number of piperazine rings is 1. The Kier molecular flexibility index (Phi) is 7.70. The van der Waals surface area contributed by atoms with Crippen LogP contribution in [0.4, 0.5) is 11.8 Å². The number of rotatable bonds is 8. The average molecular weight is 528 g/mol. The fourth-order valence-corrected chi connectivity index (χ4v) is 5.03. The molecule has 1 fully saturated rings. The summed E-state index contributed by atoms with van der Waals surface area (Å²) in [5.74, 6) is 1.45. The second-order valence-electron chi connectivity index (χ2n) is 10.6. The Bertz CT molecular complexity index is 1370. The van der Waals surface area contributed by atoms with Crippen molar-refractivity contribution in [2.24, 2.45) is 0 Å². The van der Waals surface area contributed by atoms with Crippen molar-refractivity contribution in [3.63, 3.8) is 0 Å². The Morgan fingerprint density at radius 3 is 2.08 bits per heavy atom. The summed E-state index contributed by atoms with van der Waals surface area (Å²) in [7, 11) is 3.80.